The number of unbranched alkanes of at least 4 members (excludes halogenated alkanes) is 4. The van der Waals surface area contributed by atoms with E-state index in [2.05, 4.69) is 19.1 Å². The highest BCUT2D eigenvalue weighted by atomic mass is 16.5. The van der Waals surface area contributed by atoms with Gasteiger partial charge in [0.2, 0.25) is 0 Å². The summed E-state index contributed by atoms with van der Waals surface area (Å²) in [5.41, 5.74) is 2.24. The number of phenolic OH excluding ortho intramolecular Hbond substituents is 1. The molecule has 0 bridgehead atoms. The molecule has 0 aliphatic carbocycles. The van der Waals surface area contributed by atoms with E-state index in [1.165, 1.54) is 25.7 Å². The Morgan fingerprint density at radius 1 is 0.818 bits per heavy atom. The molecule has 0 saturated carbocycles. The van der Waals surface area contributed by atoms with Crippen molar-refractivity contribution in [3.63, 3.8) is 0 Å². The molecule has 2 aromatic rings. The number of hydrogen-bond donors (Lipinski definition) is 1. The summed E-state index contributed by atoms with van der Waals surface area (Å²) in [5.74, 6) is 0.287. The van der Waals surface area contributed by atoms with Gasteiger partial charge in [0, 0.05) is 6.61 Å². The van der Waals surface area contributed by atoms with Crippen molar-refractivity contribution in [1.82, 2.24) is 0 Å². The van der Waals surface area contributed by atoms with Crippen LogP contribution in [0.5, 0.6) is 5.75 Å². The summed E-state index contributed by atoms with van der Waals surface area (Å²) >= 11 is 0. The van der Waals surface area contributed by atoms with Crippen molar-refractivity contribution in [2.24, 2.45) is 0 Å². The van der Waals surface area contributed by atoms with Gasteiger partial charge in [-0.05, 0) is 29.7 Å². The van der Waals surface area contributed by atoms with Gasteiger partial charge >= 0.3 is 0 Å². The molecule has 0 aliphatic rings. The summed E-state index contributed by atoms with van der Waals surface area (Å²) in [6.07, 6.45) is 6.12. The lowest BCUT2D eigenvalue weighted by molar-refractivity contribution is 0.0768. The van der Waals surface area contributed by atoms with Gasteiger partial charge in [-0.3, -0.25) is 0 Å². The van der Waals surface area contributed by atoms with Crippen LogP contribution in [-0.4, -0.2) is 11.7 Å². The molecule has 2 nitrogen and oxygen atoms in total. The molecular formula is C20H26O2. The number of ether oxygens (including phenoxy) is 1. The quantitative estimate of drug-likeness (QED) is 0.622. The summed E-state index contributed by atoms with van der Waals surface area (Å²) in [5, 5.41) is 9.46. The van der Waals surface area contributed by atoms with Crippen LogP contribution in [-0.2, 0) is 4.74 Å². The van der Waals surface area contributed by atoms with E-state index in [4.69, 9.17) is 4.74 Å². The van der Waals surface area contributed by atoms with Gasteiger partial charge in [0.05, 0.1) is 0 Å². The second-order valence-corrected chi connectivity index (χ2v) is 5.67. The highest BCUT2D eigenvalue weighted by Gasteiger charge is 2.14. The smallest absolute Gasteiger partial charge is 0.115 e. The van der Waals surface area contributed by atoms with E-state index in [1.54, 1.807) is 12.1 Å². The van der Waals surface area contributed by atoms with E-state index in [-0.39, 0.29) is 11.9 Å². The van der Waals surface area contributed by atoms with Gasteiger partial charge in [0.1, 0.15) is 11.9 Å². The Hall–Kier alpha value is -1.80. The van der Waals surface area contributed by atoms with Crippen molar-refractivity contribution in [2.75, 3.05) is 6.61 Å². The van der Waals surface area contributed by atoms with Gasteiger partial charge in [-0.1, -0.05) is 75.1 Å². The molecule has 0 amide bonds. The highest BCUT2D eigenvalue weighted by molar-refractivity contribution is 5.33. The number of rotatable bonds is 9. The molecule has 0 heterocycles. The van der Waals surface area contributed by atoms with E-state index in [0.29, 0.717) is 0 Å². The van der Waals surface area contributed by atoms with Gasteiger partial charge in [0.15, 0.2) is 0 Å². The van der Waals surface area contributed by atoms with Crippen LogP contribution in [0.15, 0.2) is 54.6 Å². The maximum atomic E-state index is 9.46. The Morgan fingerprint density at radius 2 is 1.45 bits per heavy atom. The first-order valence-electron chi connectivity index (χ1n) is 8.26. The van der Waals surface area contributed by atoms with Crippen molar-refractivity contribution >= 4 is 0 Å². The first-order chi connectivity index (χ1) is 10.8. The SMILES string of the molecule is CCCCCCCOC(c1ccccc1)c1ccc(O)cc1. The first-order valence-corrected chi connectivity index (χ1v) is 8.26. The fourth-order valence-electron chi connectivity index (χ4n) is 2.57. The van der Waals surface area contributed by atoms with Gasteiger partial charge < -0.3 is 9.84 Å². The van der Waals surface area contributed by atoms with Crippen LogP contribution in [0.4, 0.5) is 0 Å². The van der Waals surface area contributed by atoms with Crippen molar-refractivity contribution < 1.29 is 9.84 Å². The fraction of sp³-hybridized carbons (Fsp3) is 0.400. The zero-order valence-corrected chi connectivity index (χ0v) is 13.4. The lowest BCUT2D eigenvalue weighted by Gasteiger charge is -2.19. The van der Waals surface area contributed by atoms with E-state index in [9.17, 15) is 5.11 Å². The second-order valence-electron chi connectivity index (χ2n) is 5.67. The normalized spacial score (nSPS) is 12.2. The molecule has 2 aromatic carbocycles. The molecule has 0 aliphatic heterocycles. The maximum absolute atomic E-state index is 9.46. The molecule has 0 radical (unpaired) electrons. The summed E-state index contributed by atoms with van der Waals surface area (Å²) < 4.78 is 6.15. The van der Waals surface area contributed by atoms with E-state index >= 15 is 0 Å². The first kappa shape index (κ1) is 16.6. The van der Waals surface area contributed by atoms with Crippen LogP contribution in [0.2, 0.25) is 0 Å². The van der Waals surface area contributed by atoms with Crippen LogP contribution >= 0.6 is 0 Å². The van der Waals surface area contributed by atoms with Crippen LogP contribution in [0.25, 0.3) is 0 Å². The van der Waals surface area contributed by atoms with Gasteiger partial charge in [0.25, 0.3) is 0 Å². The summed E-state index contributed by atoms with van der Waals surface area (Å²) in [7, 11) is 0. The van der Waals surface area contributed by atoms with Gasteiger partial charge in [-0.25, -0.2) is 0 Å². The molecular weight excluding hydrogens is 272 g/mol. The molecule has 1 unspecified atom stereocenters. The third-order valence-electron chi connectivity index (χ3n) is 3.83. The lowest BCUT2D eigenvalue weighted by atomic mass is 10.0. The summed E-state index contributed by atoms with van der Waals surface area (Å²) in [4.78, 5) is 0. The van der Waals surface area contributed by atoms with E-state index < -0.39 is 0 Å². The number of aromatic hydroxyl groups is 1. The largest absolute Gasteiger partial charge is 0.508 e. The average molecular weight is 298 g/mol. The number of benzene rings is 2. The Balaban J connectivity index is 1.98. The molecule has 2 rings (SSSR count). The Morgan fingerprint density at radius 3 is 2.14 bits per heavy atom. The third-order valence-corrected chi connectivity index (χ3v) is 3.83. The van der Waals surface area contributed by atoms with Crippen LogP contribution in [0.3, 0.4) is 0 Å². The molecule has 22 heavy (non-hydrogen) atoms. The monoisotopic (exact) mass is 298 g/mol. The lowest BCUT2D eigenvalue weighted by Crippen LogP contribution is -2.07. The van der Waals surface area contributed by atoms with Crippen molar-refractivity contribution in [1.29, 1.82) is 0 Å². The summed E-state index contributed by atoms with van der Waals surface area (Å²) in [6.45, 7) is 3.00. The standard InChI is InChI=1S/C20H26O2/c1-2-3-4-5-9-16-22-20(17-10-7-6-8-11-17)18-12-14-19(21)15-13-18/h6-8,10-15,20-21H,2-5,9,16H2,1H3. The maximum Gasteiger partial charge on any atom is 0.115 e. The Kier molecular flexibility index (Phi) is 6.98. The molecule has 1 atom stereocenters. The van der Waals surface area contributed by atoms with E-state index in [1.807, 2.05) is 30.3 Å². The Labute approximate surface area is 133 Å². The fourth-order valence-corrected chi connectivity index (χ4v) is 2.57. The number of phenols is 1. The third kappa shape index (κ3) is 5.19. The van der Waals surface area contributed by atoms with Crippen molar-refractivity contribution in [3.05, 3.63) is 65.7 Å². The second kappa shape index (κ2) is 9.26. The minimum absolute atomic E-state index is 0.0621. The zero-order valence-electron chi connectivity index (χ0n) is 13.4. The molecule has 0 saturated heterocycles. The molecule has 2 heteroatoms. The minimum Gasteiger partial charge on any atom is -0.508 e. The molecule has 118 valence electrons. The minimum atomic E-state index is -0.0621. The van der Waals surface area contributed by atoms with Crippen LogP contribution in [0.1, 0.15) is 56.3 Å². The molecule has 0 spiro atoms. The van der Waals surface area contributed by atoms with E-state index in [0.717, 1.165) is 24.2 Å². The predicted molar refractivity (Wildman–Crippen MR) is 91.1 cm³/mol. The van der Waals surface area contributed by atoms with Crippen LogP contribution < -0.4 is 0 Å². The molecule has 0 fully saturated rings. The molecule has 0 aromatic heterocycles. The van der Waals surface area contributed by atoms with Crippen LogP contribution in [0, 0.1) is 0 Å². The average Bonchev–Trinajstić information content (AvgIpc) is 2.56. The highest BCUT2D eigenvalue weighted by Crippen LogP contribution is 2.27. The molecule has 1 N–H and O–H groups in total. The predicted octanol–water partition coefficient (Wildman–Crippen LogP) is 5.47. The Bertz CT molecular complexity index is 519. The van der Waals surface area contributed by atoms with Gasteiger partial charge in [-0.2, -0.15) is 0 Å². The number of hydrogen-bond acceptors (Lipinski definition) is 2. The topological polar surface area (TPSA) is 29.5 Å². The summed E-state index contributed by atoms with van der Waals surface area (Å²) in [6, 6.07) is 17.6. The van der Waals surface area contributed by atoms with Gasteiger partial charge in [-0.15, -0.1) is 0 Å². The van der Waals surface area contributed by atoms with Crippen molar-refractivity contribution in [2.45, 2.75) is 45.1 Å². The van der Waals surface area contributed by atoms with Crippen molar-refractivity contribution in [3.8, 4) is 5.75 Å². The zero-order chi connectivity index (χ0) is 15.6.